The molecule has 1 saturated carbocycles. The number of carbonyl (C=O) groups is 1. The predicted octanol–water partition coefficient (Wildman–Crippen LogP) is 3.13. The molecule has 3 nitrogen and oxygen atoms in total. The molecule has 1 saturated heterocycles. The Labute approximate surface area is 125 Å². The molecule has 2 unspecified atom stereocenters. The van der Waals surface area contributed by atoms with Gasteiger partial charge in [0.15, 0.2) is 0 Å². The van der Waals surface area contributed by atoms with Crippen LogP contribution in [0.15, 0.2) is 17.5 Å². The van der Waals surface area contributed by atoms with Gasteiger partial charge in [0.25, 0.3) is 5.91 Å². The standard InChI is InChI=1S/C16H24N2OS/c1-12-9-14(17-13-5-2-3-6-13)11-18(10-12)16(19)15-7-4-8-20-15/h4,7-8,12-14,17H,2-3,5-6,9-11H2,1H3. The molecule has 2 heterocycles. The fraction of sp³-hybridized carbons (Fsp3) is 0.688. The molecule has 1 aromatic heterocycles. The Bertz CT molecular complexity index is 439. The number of carbonyl (C=O) groups excluding carboxylic acids is 1. The monoisotopic (exact) mass is 292 g/mol. The zero-order valence-electron chi connectivity index (χ0n) is 12.2. The number of thiophene rings is 1. The SMILES string of the molecule is CC1CC(NC2CCCC2)CN(C(=O)c2cccs2)C1. The van der Waals surface area contributed by atoms with Crippen LogP contribution in [0.3, 0.4) is 0 Å². The van der Waals surface area contributed by atoms with E-state index < -0.39 is 0 Å². The van der Waals surface area contributed by atoms with Gasteiger partial charge in [-0.15, -0.1) is 11.3 Å². The van der Waals surface area contributed by atoms with E-state index in [1.54, 1.807) is 11.3 Å². The lowest BCUT2D eigenvalue weighted by molar-refractivity contribution is 0.0638. The summed E-state index contributed by atoms with van der Waals surface area (Å²) in [7, 11) is 0. The summed E-state index contributed by atoms with van der Waals surface area (Å²) in [5, 5.41) is 5.77. The fourth-order valence-corrected chi connectivity index (χ4v) is 4.31. The molecule has 20 heavy (non-hydrogen) atoms. The zero-order valence-corrected chi connectivity index (χ0v) is 13.0. The van der Waals surface area contributed by atoms with Crippen molar-refractivity contribution in [3.8, 4) is 0 Å². The van der Waals surface area contributed by atoms with Gasteiger partial charge in [0.05, 0.1) is 4.88 Å². The molecule has 3 rings (SSSR count). The highest BCUT2D eigenvalue weighted by Crippen LogP contribution is 2.23. The Hall–Kier alpha value is -0.870. The second kappa shape index (κ2) is 6.27. The number of piperidine rings is 1. The molecule has 1 aromatic rings. The van der Waals surface area contributed by atoms with Gasteiger partial charge in [0, 0.05) is 25.2 Å². The van der Waals surface area contributed by atoms with Gasteiger partial charge >= 0.3 is 0 Å². The van der Waals surface area contributed by atoms with Crippen LogP contribution < -0.4 is 5.32 Å². The quantitative estimate of drug-likeness (QED) is 0.928. The van der Waals surface area contributed by atoms with E-state index in [2.05, 4.69) is 12.2 Å². The molecular weight excluding hydrogens is 268 g/mol. The summed E-state index contributed by atoms with van der Waals surface area (Å²) >= 11 is 1.55. The van der Waals surface area contributed by atoms with Crippen LogP contribution in [-0.4, -0.2) is 36.0 Å². The largest absolute Gasteiger partial charge is 0.336 e. The van der Waals surface area contributed by atoms with Gasteiger partial charge in [-0.2, -0.15) is 0 Å². The number of nitrogens with one attached hydrogen (secondary N) is 1. The Morgan fingerprint density at radius 2 is 2.10 bits per heavy atom. The Morgan fingerprint density at radius 3 is 2.80 bits per heavy atom. The molecule has 110 valence electrons. The number of likely N-dealkylation sites (tertiary alicyclic amines) is 1. The lowest BCUT2D eigenvalue weighted by atomic mass is 9.95. The summed E-state index contributed by atoms with van der Waals surface area (Å²) in [5.74, 6) is 0.802. The van der Waals surface area contributed by atoms with Crippen molar-refractivity contribution in [1.29, 1.82) is 0 Å². The number of amides is 1. The van der Waals surface area contributed by atoms with Gasteiger partial charge in [0.2, 0.25) is 0 Å². The maximum absolute atomic E-state index is 12.5. The lowest BCUT2D eigenvalue weighted by Gasteiger charge is -2.38. The molecule has 2 aliphatic rings. The Balaban J connectivity index is 1.62. The minimum absolute atomic E-state index is 0.213. The lowest BCUT2D eigenvalue weighted by Crippen LogP contribution is -2.52. The maximum Gasteiger partial charge on any atom is 0.263 e. The number of hydrogen-bond donors (Lipinski definition) is 1. The average molecular weight is 292 g/mol. The highest BCUT2D eigenvalue weighted by atomic mass is 32.1. The molecule has 0 spiro atoms. The van der Waals surface area contributed by atoms with Gasteiger partial charge in [-0.05, 0) is 36.6 Å². The van der Waals surface area contributed by atoms with Crippen LogP contribution in [-0.2, 0) is 0 Å². The van der Waals surface area contributed by atoms with Crippen LogP contribution in [0, 0.1) is 5.92 Å². The van der Waals surface area contributed by atoms with Crippen LogP contribution in [0.2, 0.25) is 0 Å². The first-order valence-corrected chi connectivity index (χ1v) is 8.69. The van der Waals surface area contributed by atoms with Crippen molar-refractivity contribution in [3.05, 3.63) is 22.4 Å². The molecule has 1 aliphatic heterocycles. The molecule has 2 fully saturated rings. The third-order valence-electron chi connectivity index (χ3n) is 4.51. The molecule has 1 amide bonds. The summed E-state index contributed by atoms with van der Waals surface area (Å²) in [5.41, 5.74) is 0. The third kappa shape index (κ3) is 3.23. The summed E-state index contributed by atoms with van der Waals surface area (Å²) in [6.07, 6.45) is 6.54. The average Bonchev–Trinajstić information content (AvgIpc) is 3.09. The van der Waals surface area contributed by atoms with E-state index in [9.17, 15) is 4.79 Å². The van der Waals surface area contributed by atoms with Crippen LogP contribution in [0.25, 0.3) is 0 Å². The summed E-state index contributed by atoms with van der Waals surface area (Å²) in [6.45, 7) is 4.04. The second-order valence-electron chi connectivity index (χ2n) is 6.37. The predicted molar refractivity (Wildman–Crippen MR) is 83.2 cm³/mol. The fourth-order valence-electron chi connectivity index (χ4n) is 3.62. The topological polar surface area (TPSA) is 32.3 Å². The van der Waals surface area contributed by atoms with E-state index in [0.29, 0.717) is 18.0 Å². The highest BCUT2D eigenvalue weighted by molar-refractivity contribution is 7.12. The molecule has 0 aromatic carbocycles. The van der Waals surface area contributed by atoms with Crippen molar-refractivity contribution in [1.82, 2.24) is 10.2 Å². The maximum atomic E-state index is 12.5. The van der Waals surface area contributed by atoms with Gasteiger partial charge in [-0.1, -0.05) is 25.8 Å². The highest BCUT2D eigenvalue weighted by Gasteiger charge is 2.30. The first kappa shape index (κ1) is 14.1. The van der Waals surface area contributed by atoms with Crippen LogP contribution in [0.5, 0.6) is 0 Å². The minimum atomic E-state index is 0.213. The molecule has 1 aliphatic carbocycles. The molecule has 1 N–H and O–H groups in total. The van der Waals surface area contributed by atoms with Gasteiger partial charge in [-0.3, -0.25) is 4.79 Å². The normalized spacial score (nSPS) is 27.9. The molecule has 4 heteroatoms. The second-order valence-corrected chi connectivity index (χ2v) is 7.32. The van der Waals surface area contributed by atoms with E-state index in [1.807, 2.05) is 22.4 Å². The number of rotatable bonds is 3. The van der Waals surface area contributed by atoms with Crippen LogP contribution in [0.1, 0.15) is 48.7 Å². The van der Waals surface area contributed by atoms with Gasteiger partial charge < -0.3 is 10.2 Å². The number of nitrogens with zero attached hydrogens (tertiary/aromatic N) is 1. The van der Waals surface area contributed by atoms with Crippen LogP contribution in [0.4, 0.5) is 0 Å². The smallest absolute Gasteiger partial charge is 0.263 e. The first-order chi connectivity index (χ1) is 9.72. The van der Waals surface area contributed by atoms with Crippen molar-refractivity contribution in [2.24, 2.45) is 5.92 Å². The van der Waals surface area contributed by atoms with Crippen molar-refractivity contribution in [3.63, 3.8) is 0 Å². The zero-order chi connectivity index (χ0) is 13.9. The Kier molecular flexibility index (Phi) is 4.41. The Morgan fingerprint density at radius 1 is 1.30 bits per heavy atom. The molecule has 2 atom stereocenters. The van der Waals surface area contributed by atoms with E-state index in [4.69, 9.17) is 0 Å². The number of hydrogen-bond acceptors (Lipinski definition) is 3. The minimum Gasteiger partial charge on any atom is -0.336 e. The van der Waals surface area contributed by atoms with Crippen molar-refractivity contribution in [2.75, 3.05) is 13.1 Å². The first-order valence-electron chi connectivity index (χ1n) is 7.81. The van der Waals surface area contributed by atoms with E-state index in [-0.39, 0.29) is 5.91 Å². The molecule has 0 bridgehead atoms. The van der Waals surface area contributed by atoms with Crippen LogP contribution >= 0.6 is 11.3 Å². The van der Waals surface area contributed by atoms with E-state index in [1.165, 1.54) is 32.1 Å². The third-order valence-corrected chi connectivity index (χ3v) is 5.36. The van der Waals surface area contributed by atoms with Gasteiger partial charge in [0.1, 0.15) is 0 Å². The summed E-state index contributed by atoms with van der Waals surface area (Å²) in [6, 6.07) is 5.06. The molecule has 0 radical (unpaired) electrons. The van der Waals surface area contributed by atoms with Crippen molar-refractivity contribution < 1.29 is 4.79 Å². The van der Waals surface area contributed by atoms with Gasteiger partial charge in [-0.25, -0.2) is 0 Å². The molecular formula is C16H24N2OS. The van der Waals surface area contributed by atoms with E-state index >= 15 is 0 Å². The van der Waals surface area contributed by atoms with Crippen molar-refractivity contribution >= 4 is 17.2 Å². The van der Waals surface area contributed by atoms with Crippen molar-refractivity contribution in [2.45, 2.75) is 51.1 Å². The van der Waals surface area contributed by atoms with E-state index in [0.717, 1.165) is 18.0 Å². The summed E-state index contributed by atoms with van der Waals surface area (Å²) < 4.78 is 0. The summed E-state index contributed by atoms with van der Waals surface area (Å²) in [4.78, 5) is 15.4.